The number of allylic oxidation sites excluding steroid dienone is 2. The van der Waals surface area contributed by atoms with Gasteiger partial charge in [0.2, 0.25) is 5.78 Å². The number of hydrogen-bond donors (Lipinski definition) is 0. The van der Waals surface area contributed by atoms with Gasteiger partial charge in [-0.05, 0) is 43.4 Å². The first kappa shape index (κ1) is 12.8. The van der Waals surface area contributed by atoms with Crippen molar-refractivity contribution in [3.63, 3.8) is 0 Å². The zero-order chi connectivity index (χ0) is 13.2. The molecule has 1 aliphatic carbocycles. The molecule has 0 bridgehead atoms. The van der Waals surface area contributed by atoms with Crippen molar-refractivity contribution in [1.29, 1.82) is 0 Å². The van der Waals surface area contributed by atoms with Crippen molar-refractivity contribution in [3.8, 4) is 0 Å². The van der Waals surface area contributed by atoms with E-state index in [-0.39, 0.29) is 11.5 Å². The van der Waals surface area contributed by atoms with E-state index in [0.29, 0.717) is 18.2 Å². The molecule has 0 saturated heterocycles. The monoisotopic (exact) mass is 255 g/mol. The first-order valence-corrected chi connectivity index (χ1v) is 5.75. The third kappa shape index (κ3) is 2.78. The Labute approximate surface area is 103 Å². The molecule has 0 unspecified atom stereocenters. The van der Waals surface area contributed by atoms with Crippen LogP contribution in [0, 0.1) is 0 Å². The lowest BCUT2D eigenvalue weighted by atomic mass is 9.95. The third-order valence-corrected chi connectivity index (χ3v) is 2.91. The standard InChI is InChI=1S/C13H12F3NO/c14-13(15,16)10-6-7-11(17-8-10)12(18)9-4-2-1-3-5-9/h4,6-8H,1-3,5H2. The van der Waals surface area contributed by atoms with Gasteiger partial charge in [0, 0.05) is 6.20 Å². The predicted octanol–water partition coefficient (Wildman–Crippen LogP) is 3.78. The van der Waals surface area contributed by atoms with E-state index in [9.17, 15) is 18.0 Å². The molecule has 1 aromatic rings. The molecule has 0 aromatic carbocycles. The van der Waals surface area contributed by atoms with Crippen molar-refractivity contribution >= 4 is 5.78 Å². The van der Waals surface area contributed by atoms with Crippen LogP contribution in [0.3, 0.4) is 0 Å². The third-order valence-electron chi connectivity index (χ3n) is 2.91. The average Bonchev–Trinajstić information content (AvgIpc) is 2.38. The van der Waals surface area contributed by atoms with E-state index in [1.807, 2.05) is 6.08 Å². The van der Waals surface area contributed by atoms with Crippen LogP contribution in [0.15, 0.2) is 30.0 Å². The summed E-state index contributed by atoms with van der Waals surface area (Å²) < 4.78 is 37.0. The number of aromatic nitrogens is 1. The average molecular weight is 255 g/mol. The molecule has 96 valence electrons. The van der Waals surface area contributed by atoms with Crippen molar-refractivity contribution in [1.82, 2.24) is 4.98 Å². The van der Waals surface area contributed by atoms with Crippen LogP contribution in [-0.4, -0.2) is 10.8 Å². The normalized spacial score (nSPS) is 16.3. The summed E-state index contributed by atoms with van der Waals surface area (Å²) in [5, 5.41) is 0. The highest BCUT2D eigenvalue weighted by molar-refractivity contribution is 6.07. The Morgan fingerprint density at radius 1 is 1.22 bits per heavy atom. The van der Waals surface area contributed by atoms with E-state index in [1.165, 1.54) is 0 Å². The van der Waals surface area contributed by atoms with Gasteiger partial charge in [-0.15, -0.1) is 0 Å². The summed E-state index contributed by atoms with van der Waals surface area (Å²) in [4.78, 5) is 15.6. The predicted molar refractivity (Wildman–Crippen MR) is 60.1 cm³/mol. The zero-order valence-electron chi connectivity index (χ0n) is 9.63. The molecule has 1 aromatic heterocycles. The van der Waals surface area contributed by atoms with Crippen LogP contribution in [0.5, 0.6) is 0 Å². The molecule has 0 saturated carbocycles. The van der Waals surface area contributed by atoms with E-state index >= 15 is 0 Å². The number of nitrogens with zero attached hydrogens (tertiary/aromatic N) is 1. The van der Waals surface area contributed by atoms with Crippen LogP contribution in [0.1, 0.15) is 41.7 Å². The summed E-state index contributed by atoms with van der Waals surface area (Å²) >= 11 is 0. The van der Waals surface area contributed by atoms with Gasteiger partial charge < -0.3 is 0 Å². The van der Waals surface area contributed by atoms with Crippen molar-refractivity contribution in [2.75, 3.05) is 0 Å². The Kier molecular flexibility index (Phi) is 3.50. The summed E-state index contributed by atoms with van der Waals surface area (Å²) in [5.74, 6) is -0.261. The molecule has 0 N–H and O–H groups in total. The molecule has 0 atom stereocenters. The van der Waals surface area contributed by atoms with Crippen LogP contribution in [0.2, 0.25) is 0 Å². The van der Waals surface area contributed by atoms with E-state index in [0.717, 1.165) is 31.4 Å². The van der Waals surface area contributed by atoms with E-state index in [2.05, 4.69) is 4.98 Å². The molecule has 0 radical (unpaired) electrons. The Bertz CT molecular complexity index is 474. The number of hydrogen-bond acceptors (Lipinski definition) is 2. The molecule has 2 nitrogen and oxygen atoms in total. The number of alkyl halides is 3. The van der Waals surface area contributed by atoms with Crippen molar-refractivity contribution < 1.29 is 18.0 Å². The fraction of sp³-hybridized carbons (Fsp3) is 0.385. The van der Waals surface area contributed by atoms with E-state index in [1.54, 1.807) is 0 Å². The van der Waals surface area contributed by atoms with E-state index in [4.69, 9.17) is 0 Å². The SMILES string of the molecule is O=C(C1=CCCCC1)c1ccc(C(F)(F)F)cn1. The maximum atomic E-state index is 12.3. The number of carbonyl (C=O) groups is 1. The second-order valence-electron chi connectivity index (χ2n) is 4.23. The Morgan fingerprint density at radius 3 is 2.50 bits per heavy atom. The lowest BCUT2D eigenvalue weighted by Crippen LogP contribution is -2.11. The van der Waals surface area contributed by atoms with Crippen LogP contribution >= 0.6 is 0 Å². The van der Waals surface area contributed by atoms with Crippen LogP contribution < -0.4 is 0 Å². The lowest BCUT2D eigenvalue weighted by Gasteiger charge is -2.11. The number of pyridine rings is 1. The minimum atomic E-state index is -4.42. The fourth-order valence-corrected chi connectivity index (χ4v) is 1.90. The summed E-state index contributed by atoms with van der Waals surface area (Å²) in [7, 11) is 0. The number of rotatable bonds is 2. The van der Waals surface area contributed by atoms with Gasteiger partial charge in [-0.1, -0.05) is 6.08 Å². The van der Waals surface area contributed by atoms with Gasteiger partial charge >= 0.3 is 6.18 Å². The summed E-state index contributed by atoms with van der Waals surface area (Å²) in [6, 6.07) is 2.03. The first-order valence-electron chi connectivity index (χ1n) is 5.75. The highest BCUT2D eigenvalue weighted by Gasteiger charge is 2.31. The molecule has 1 heterocycles. The summed E-state index contributed by atoms with van der Waals surface area (Å²) in [5.41, 5.74) is -0.0960. The molecule has 2 rings (SSSR count). The van der Waals surface area contributed by atoms with Crippen molar-refractivity contribution in [2.24, 2.45) is 0 Å². The van der Waals surface area contributed by atoms with Gasteiger partial charge in [0.05, 0.1) is 5.56 Å². The summed E-state index contributed by atoms with van der Waals surface area (Å²) in [6.45, 7) is 0. The zero-order valence-corrected chi connectivity index (χ0v) is 9.63. The molecule has 0 amide bonds. The molecular weight excluding hydrogens is 243 g/mol. The second-order valence-corrected chi connectivity index (χ2v) is 4.23. The van der Waals surface area contributed by atoms with E-state index < -0.39 is 11.7 Å². The Balaban J connectivity index is 2.19. The highest BCUT2D eigenvalue weighted by atomic mass is 19.4. The minimum Gasteiger partial charge on any atom is -0.287 e. The molecular formula is C13H12F3NO. The second kappa shape index (κ2) is 4.92. The van der Waals surface area contributed by atoms with Gasteiger partial charge in [-0.2, -0.15) is 13.2 Å². The Morgan fingerprint density at radius 2 is 2.00 bits per heavy atom. The van der Waals surface area contributed by atoms with Gasteiger partial charge in [0.15, 0.2) is 0 Å². The fourth-order valence-electron chi connectivity index (χ4n) is 1.90. The summed E-state index contributed by atoms with van der Waals surface area (Å²) in [6.07, 6.45) is 1.67. The Hall–Kier alpha value is -1.65. The van der Waals surface area contributed by atoms with Crippen LogP contribution in [0.4, 0.5) is 13.2 Å². The highest BCUT2D eigenvalue weighted by Crippen LogP contribution is 2.29. The number of ketones is 1. The van der Waals surface area contributed by atoms with Gasteiger partial charge in [0.25, 0.3) is 0 Å². The minimum absolute atomic E-state index is 0.0798. The van der Waals surface area contributed by atoms with Crippen LogP contribution in [-0.2, 0) is 6.18 Å². The molecule has 0 fully saturated rings. The molecule has 0 spiro atoms. The van der Waals surface area contributed by atoms with Gasteiger partial charge in [0.1, 0.15) is 5.69 Å². The first-order chi connectivity index (χ1) is 8.48. The topological polar surface area (TPSA) is 30.0 Å². The molecule has 0 aliphatic heterocycles. The lowest BCUT2D eigenvalue weighted by molar-refractivity contribution is -0.137. The quantitative estimate of drug-likeness (QED) is 0.753. The maximum absolute atomic E-state index is 12.3. The van der Waals surface area contributed by atoms with Gasteiger partial charge in [-0.3, -0.25) is 9.78 Å². The largest absolute Gasteiger partial charge is 0.417 e. The molecule has 18 heavy (non-hydrogen) atoms. The molecule has 1 aliphatic rings. The molecule has 5 heteroatoms. The number of carbonyl (C=O) groups excluding carboxylic acids is 1. The maximum Gasteiger partial charge on any atom is 0.417 e. The van der Waals surface area contributed by atoms with Crippen molar-refractivity contribution in [2.45, 2.75) is 31.9 Å². The number of Topliss-reactive ketones (excluding diaryl/α,β-unsaturated/α-hetero) is 1. The van der Waals surface area contributed by atoms with Crippen LogP contribution in [0.25, 0.3) is 0 Å². The number of halogens is 3. The van der Waals surface area contributed by atoms with Crippen molar-refractivity contribution in [3.05, 3.63) is 41.2 Å². The smallest absolute Gasteiger partial charge is 0.287 e. The van der Waals surface area contributed by atoms with Gasteiger partial charge in [-0.25, -0.2) is 0 Å².